The van der Waals surface area contributed by atoms with Gasteiger partial charge in [0.1, 0.15) is 11.0 Å². The highest BCUT2D eigenvalue weighted by atomic mass is 35.5. The third-order valence-electron chi connectivity index (χ3n) is 2.69. The van der Waals surface area contributed by atoms with Gasteiger partial charge in [-0.05, 0) is 13.0 Å². The summed E-state index contributed by atoms with van der Waals surface area (Å²) in [5, 5.41) is 9.17. The number of hydrogen-bond donors (Lipinski definition) is 1. The fraction of sp³-hybridized carbons (Fsp3) is 0.231. The van der Waals surface area contributed by atoms with Crippen LogP contribution in [0.5, 0.6) is 0 Å². The predicted molar refractivity (Wildman–Crippen MR) is 69.7 cm³/mol. The Morgan fingerprint density at radius 3 is 2.83 bits per heavy atom. The first-order chi connectivity index (χ1) is 8.49. The number of imidazole rings is 1. The van der Waals surface area contributed by atoms with E-state index in [0.29, 0.717) is 16.7 Å². The number of carboxylic acid groups (broad SMARTS) is 1. The lowest BCUT2D eigenvalue weighted by Gasteiger charge is -2.03. The van der Waals surface area contributed by atoms with Crippen LogP contribution in [0.1, 0.15) is 11.3 Å². The topological polar surface area (TPSA) is 55.1 Å². The van der Waals surface area contributed by atoms with E-state index in [1.165, 1.54) is 0 Å². The number of aryl methyl sites for hydroxylation is 1. The molecule has 0 unspecified atom stereocenters. The van der Waals surface area contributed by atoms with Crippen molar-refractivity contribution in [3.8, 4) is 11.4 Å². The molecule has 0 saturated carbocycles. The molecule has 0 amide bonds. The molecule has 18 heavy (non-hydrogen) atoms. The molecule has 0 radical (unpaired) electrons. The van der Waals surface area contributed by atoms with Crippen molar-refractivity contribution in [3.63, 3.8) is 0 Å². The number of carbonyl (C=O) groups is 1. The van der Waals surface area contributed by atoms with Gasteiger partial charge in [0.05, 0.1) is 12.1 Å². The number of hydrogen-bond acceptors (Lipinski definition) is 2. The number of nitrogens with zero attached hydrogens (tertiary/aromatic N) is 2. The van der Waals surface area contributed by atoms with Gasteiger partial charge in [-0.3, -0.25) is 4.79 Å². The summed E-state index contributed by atoms with van der Waals surface area (Å²) >= 11 is 6.08. The van der Waals surface area contributed by atoms with E-state index < -0.39 is 5.97 Å². The molecule has 0 aliphatic heterocycles. The lowest BCUT2D eigenvalue weighted by atomic mass is 10.1. The molecule has 1 aromatic carbocycles. The highest BCUT2D eigenvalue weighted by molar-refractivity contribution is 6.30. The van der Waals surface area contributed by atoms with E-state index in [9.17, 15) is 4.79 Å². The maximum atomic E-state index is 10.7. The van der Waals surface area contributed by atoms with Gasteiger partial charge in [-0.15, -0.1) is 0 Å². The summed E-state index contributed by atoms with van der Waals surface area (Å²) in [6.07, 6.45) is -0.168. The van der Waals surface area contributed by atoms with Crippen molar-refractivity contribution in [2.75, 3.05) is 0 Å². The van der Waals surface area contributed by atoms with E-state index in [1.54, 1.807) is 11.6 Å². The minimum absolute atomic E-state index is 0.168. The Labute approximate surface area is 110 Å². The lowest BCUT2D eigenvalue weighted by Crippen LogP contribution is -2.01. The van der Waals surface area contributed by atoms with Gasteiger partial charge in [-0.25, -0.2) is 4.98 Å². The van der Waals surface area contributed by atoms with Gasteiger partial charge >= 0.3 is 5.97 Å². The molecule has 0 bridgehead atoms. The molecule has 1 aromatic heterocycles. The minimum atomic E-state index is -0.939. The van der Waals surface area contributed by atoms with Gasteiger partial charge in [0.2, 0.25) is 0 Å². The number of carboxylic acids is 1. The second kappa shape index (κ2) is 4.82. The number of rotatable bonds is 3. The number of halogens is 1. The summed E-state index contributed by atoms with van der Waals surface area (Å²) in [5.41, 5.74) is 2.44. The van der Waals surface area contributed by atoms with Crippen molar-refractivity contribution in [1.29, 1.82) is 0 Å². The maximum Gasteiger partial charge on any atom is 0.309 e. The first kappa shape index (κ1) is 12.6. The number of aliphatic carboxylic acids is 1. The number of benzene rings is 1. The summed E-state index contributed by atoms with van der Waals surface area (Å²) in [6.45, 7) is 1.99. The zero-order valence-electron chi connectivity index (χ0n) is 10.1. The highest BCUT2D eigenvalue weighted by Gasteiger charge is 2.16. The van der Waals surface area contributed by atoms with Crippen LogP contribution in [0.2, 0.25) is 5.15 Å². The molecular formula is C13H13ClN2O2. The van der Waals surface area contributed by atoms with Crippen molar-refractivity contribution in [2.45, 2.75) is 13.3 Å². The smallest absolute Gasteiger partial charge is 0.309 e. The molecule has 0 spiro atoms. The lowest BCUT2D eigenvalue weighted by molar-refractivity contribution is -0.136. The van der Waals surface area contributed by atoms with Crippen LogP contribution in [0, 0.1) is 6.92 Å². The second-order valence-electron chi connectivity index (χ2n) is 4.17. The molecule has 0 saturated heterocycles. The predicted octanol–water partition coefficient (Wildman–Crippen LogP) is 2.68. The van der Waals surface area contributed by atoms with Crippen molar-refractivity contribution in [3.05, 3.63) is 40.7 Å². The van der Waals surface area contributed by atoms with Crippen molar-refractivity contribution in [1.82, 2.24) is 9.55 Å². The fourth-order valence-electron chi connectivity index (χ4n) is 1.83. The van der Waals surface area contributed by atoms with Gasteiger partial charge in [-0.2, -0.15) is 0 Å². The summed E-state index contributed by atoms with van der Waals surface area (Å²) in [4.78, 5) is 15.0. The van der Waals surface area contributed by atoms with Gasteiger partial charge in [0.15, 0.2) is 0 Å². The Morgan fingerprint density at radius 1 is 1.50 bits per heavy atom. The van der Waals surface area contributed by atoms with Crippen molar-refractivity contribution < 1.29 is 9.90 Å². The molecular weight excluding hydrogens is 252 g/mol. The molecule has 1 N–H and O–H groups in total. The Hall–Kier alpha value is -1.81. The van der Waals surface area contributed by atoms with Crippen LogP contribution >= 0.6 is 11.6 Å². The highest BCUT2D eigenvalue weighted by Crippen LogP contribution is 2.25. The number of aromatic nitrogens is 2. The summed E-state index contributed by atoms with van der Waals surface area (Å²) in [6, 6.07) is 7.84. The third-order valence-corrected chi connectivity index (χ3v) is 3.16. The first-order valence-corrected chi connectivity index (χ1v) is 5.86. The Bertz CT molecular complexity index is 605. The van der Waals surface area contributed by atoms with Gasteiger partial charge < -0.3 is 9.67 Å². The van der Waals surface area contributed by atoms with Crippen molar-refractivity contribution in [2.24, 2.45) is 7.05 Å². The SMILES string of the molecule is Cc1cccc(-c2nc(CC(=O)O)c(Cl)n2C)c1. The molecule has 0 aliphatic rings. The normalized spacial score (nSPS) is 10.6. The Morgan fingerprint density at radius 2 is 2.22 bits per heavy atom. The molecule has 1 heterocycles. The fourth-order valence-corrected chi connectivity index (χ4v) is 2.02. The van der Waals surface area contributed by atoms with Crippen LogP contribution in [0.15, 0.2) is 24.3 Å². The molecule has 0 aliphatic carbocycles. The van der Waals surface area contributed by atoms with E-state index >= 15 is 0 Å². The summed E-state index contributed by atoms with van der Waals surface area (Å²) in [7, 11) is 1.78. The average Bonchev–Trinajstić information content (AvgIpc) is 2.57. The van der Waals surface area contributed by atoms with Crippen LogP contribution in [-0.2, 0) is 18.3 Å². The molecule has 2 rings (SSSR count). The standard InChI is InChI=1S/C13H13ClN2O2/c1-8-4-3-5-9(6-8)13-15-10(7-11(17)18)12(14)16(13)2/h3-6H,7H2,1-2H3,(H,17,18). The average molecular weight is 265 g/mol. The van der Waals surface area contributed by atoms with Crippen LogP contribution in [0.3, 0.4) is 0 Å². The zero-order chi connectivity index (χ0) is 13.3. The zero-order valence-corrected chi connectivity index (χ0v) is 10.9. The Balaban J connectivity index is 2.49. The third kappa shape index (κ3) is 2.38. The molecule has 4 nitrogen and oxygen atoms in total. The molecule has 0 atom stereocenters. The van der Waals surface area contributed by atoms with Crippen LogP contribution in [0.4, 0.5) is 0 Å². The van der Waals surface area contributed by atoms with E-state index in [0.717, 1.165) is 11.1 Å². The van der Waals surface area contributed by atoms with Crippen LogP contribution in [0.25, 0.3) is 11.4 Å². The van der Waals surface area contributed by atoms with Gasteiger partial charge in [0.25, 0.3) is 0 Å². The maximum absolute atomic E-state index is 10.7. The van der Waals surface area contributed by atoms with Crippen LogP contribution < -0.4 is 0 Å². The summed E-state index contributed by atoms with van der Waals surface area (Å²) < 4.78 is 1.70. The van der Waals surface area contributed by atoms with E-state index in [4.69, 9.17) is 16.7 Å². The van der Waals surface area contributed by atoms with Crippen LogP contribution in [-0.4, -0.2) is 20.6 Å². The van der Waals surface area contributed by atoms with E-state index in [-0.39, 0.29) is 6.42 Å². The minimum Gasteiger partial charge on any atom is -0.481 e. The molecule has 2 aromatic rings. The van der Waals surface area contributed by atoms with Gasteiger partial charge in [0, 0.05) is 12.6 Å². The van der Waals surface area contributed by atoms with E-state index in [2.05, 4.69) is 4.98 Å². The van der Waals surface area contributed by atoms with E-state index in [1.807, 2.05) is 31.2 Å². The monoisotopic (exact) mass is 264 g/mol. The second-order valence-corrected chi connectivity index (χ2v) is 4.53. The van der Waals surface area contributed by atoms with Gasteiger partial charge in [-0.1, -0.05) is 35.4 Å². The molecule has 0 fully saturated rings. The summed E-state index contributed by atoms with van der Waals surface area (Å²) in [5.74, 6) is -0.259. The molecule has 5 heteroatoms. The first-order valence-electron chi connectivity index (χ1n) is 5.49. The quantitative estimate of drug-likeness (QED) is 0.927. The Kier molecular flexibility index (Phi) is 3.39. The molecule has 94 valence electrons. The van der Waals surface area contributed by atoms with Crippen molar-refractivity contribution >= 4 is 17.6 Å². The largest absolute Gasteiger partial charge is 0.481 e.